The lowest BCUT2D eigenvalue weighted by Gasteiger charge is -2.33. The van der Waals surface area contributed by atoms with E-state index in [-0.39, 0.29) is 22.3 Å². The van der Waals surface area contributed by atoms with Crippen molar-refractivity contribution in [3.8, 4) is 17.0 Å². The molecule has 0 N–H and O–H groups in total. The van der Waals surface area contributed by atoms with Crippen molar-refractivity contribution in [2.45, 2.75) is 30.0 Å². The molecule has 5 aromatic rings. The van der Waals surface area contributed by atoms with Gasteiger partial charge in [-0.05, 0) is 66.8 Å². The lowest BCUT2D eigenvalue weighted by atomic mass is 10.0. The van der Waals surface area contributed by atoms with E-state index >= 15 is 0 Å². The molecule has 1 amide bonds. The van der Waals surface area contributed by atoms with E-state index < -0.39 is 32.8 Å². The Morgan fingerprint density at radius 1 is 0.932 bits per heavy atom. The van der Waals surface area contributed by atoms with Crippen molar-refractivity contribution >= 4 is 38.4 Å². The molecule has 2 heterocycles. The number of carbonyl (C=O) groups is 1. The number of hydrogen-bond acceptors (Lipinski definition) is 5. The largest absolute Gasteiger partial charge is 0.417 e. The highest BCUT2D eigenvalue weighted by atomic mass is 35.5. The van der Waals surface area contributed by atoms with Crippen molar-refractivity contribution in [2.24, 2.45) is 0 Å². The normalized spacial score (nSPS) is 14.6. The summed E-state index contributed by atoms with van der Waals surface area (Å²) in [5.74, 6) is -0.319. The van der Waals surface area contributed by atoms with Gasteiger partial charge in [-0.25, -0.2) is 4.98 Å². The van der Waals surface area contributed by atoms with E-state index in [9.17, 15) is 26.4 Å². The van der Waals surface area contributed by atoms with Gasteiger partial charge in [-0.2, -0.15) is 21.6 Å². The van der Waals surface area contributed by atoms with Gasteiger partial charge in [0.1, 0.15) is 10.6 Å². The summed E-state index contributed by atoms with van der Waals surface area (Å²) in [5.41, 5.74) is 0.487. The number of imidazole rings is 1. The van der Waals surface area contributed by atoms with Gasteiger partial charge in [0.15, 0.2) is 0 Å². The minimum Gasteiger partial charge on any atom is -0.379 e. The minimum atomic E-state index is -4.66. The lowest BCUT2D eigenvalue weighted by Crippen LogP contribution is -2.39. The molecule has 0 radical (unpaired) electrons. The third-order valence-corrected chi connectivity index (χ3v) is 9.34. The first kappa shape index (κ1) is 29.7. The number of likely N-dealkylation sites (tertiary alicyclic amines) is 1. The van der Waals surface area contributed by atoms with Crippen LogP contribution in [0.15, 0.2) is 102 Å². The highest BCUT2D eigenvalue weighted by Gasteiger charge is 2.35. The first-order valence-corrected chi connectivity index (χ1v) is 15.5. The molecule has 12 heteroatoms. The number of rotatable bonds is 6. The predicted octanol–water partition coefficient (Wildman–Crippen LogP) is 7.62. The van der Waals surface area contributed by atoms with Crippen molar-refractivity contribution in [3.63, 3.8) is 0 Å². The zero-order valence-corrected chi connectivity index (χ0v) is 24.6. The Hall–Kier alpha value is -4.35. The molecule has 44 heavy (non-hydrogen) atoms. The molecule has 1 aromatic heterocycles. The Labute approximate surface area is 256 Å². The maximum Gasteiger partial charge on any atom is 0.417 e. The van der Waals surface area contributed by atoms with E-state index in [2.05, 4.69) is 4.98 Å². The molecule has 1 saturated heterocycles. The second-order valence-corrected chi connectivity index (χ2v) is 12.4. The number of benzene rings is 4. The van der Waals surface area contributed by atoms with Gasteiger partial charge < -0.3 is 13.7 Å². The van der Waals surface area contributed by atoms with Crippen LogP contribution in [0.5, 0.6) is 5.75 Å². The first-order chi connectivity index (χ1) is 21.0. The van der Waals surface area contributed by atoms with Gasteiger partial charge in [0.25, 0.3) is 5.91 Å². The average Bonchev–Trinajstić information content (AvgIpc) is 3.50. The molecule has 0 saturated carbocycles. The predicted molar refractivity (Wildman–Crippen MR) is 160 cm³/mol. The number of nitrogens with zero attached hydrogens (tertiary/aromatic N) is 3. The highest BCUT2D eigenvalue weighted by Crippen LogP contribution is 2.36. The van der Waals surface area contributed by atoms with Gasteiger partial charge >= 0.3 is 16.3 Å². The summed E-state index contributed by atoms with van der Waals surface area (Å²) in [4.78, 5) is 18.9. The lowest BCUT2D eigenvalue weighted by molar-refractivity contribution is -0.137. The Bertz CT molecular complexity index is 1950. The Morgan fingerprint density at radius 2 is 1.64 bits per heavy atom. The number of aromatic nitrogens is 2. The molecule has 0 bridgehead atoms. The molecule has 4 aromatic carbocycles. The fourth-order valence-electron chi connectivity index (χ4n) is 5.49. The number of halogens is 4. The van der Waals surface area contributed by atoms with Crippen LogP contribution in [0.4, 0.5) is 13.2 Å². The van der Waals surface area contributed by atoms with E-state index in [0.29, 0.717) is 31.3 Å². The van der Waals surface area contributed by atoms with Crippen LogP contribution in [0, 0.1) is 0 Å². The monoisotopic (exact) mass is 639 g/mol. The molecule has 0 spiro atoms. The van der Waals surface area contributed by atoms with E-state index in [1.165, 1.54) is 12.1 Å². The molecule has 226 valence electrons. The average molecular weight is 640 g/mol. The molecule has 0 atom stereocenters. The molecule has 6 rings (SSSR count). The summed E-state index contributed by atoms with van der Waals surface area (Å²) >= 11 is 5.71. The Balaban J connectivity index is 1.14. The number of fused-ring (bicyclic) bond motifs is 1. The molecular weight excluding hydrogens is 615 g/mol. The summed E-state index contributed by atoms with van der Waals surface area (Å²) in [6.45, 7) is 0.702. The van der Waals surface area contributed by atoms with Crippen LogP contribution >= 0.6 is 11.6 Å². The first-order valence-electron chi connectivity index (χ1n) is 13.7. The summed E-state index contributed by atoms with van der Waals surface area (Å²) < 4.78 is 73.5. The maximum atomic E-state index is 13.3. The summed E-state index contributed by atoms with van der Waals surface area (Å²) in [6.07, 6.45) is -0.125. The summed E-state index contributed by atoms with van der Waals surface area (Å²) in [6, 6.07) is 22.0. The zero-order valence-electron chi connectivity index (χ0n) is 23.0. The van der Waals surface area contributed by atoms with Crippen LogP contribution in [0.25, 0.3) is 22.0 Å². The maximum absolute atomic E-state index is 13.3. The third-order valence-electron chi connectivity index (χ3n) is 7.70. The fourth-order valence-corrected chi connectivity index (χ4v) is 6.87. The minimum absolute atomic E-state index is 0.00447. The summed E-state index contributed by atoms with van der Waals surface area (Å²) in [7, 11) is -4.09. The Kier molecular flexibility index (Phi) is 7.85. The van der Waals surface area contributed by atoms with Crippen LogP contribution in [0.3, 0.4) is 0 Å². The van der Waals surface area contributed by atoms with Crippen molar-refractivity contribution < 1.29 is 30.6 Å². The quantitative estimate of drug-likeness (QED) is 0.179. The fraction of sp³-hybridized carbons (Fsp3) is 0.188. The van der Waals surface area contributed by atoms with Gasteiger partial charge in [-0.15, -0.1) is 0 Å². The number of carbonyl (C=O) groups excluding carboxylic acids is 1. The SMILES string of the molecule is O=C(c1ccc(Cl)c(C(F)(F)F)c1)N1CCC(n2cncc2-c2ccc(OS(=O)(=O)c3cccc4ccccc34)cc2)CC1. The van der Waals surface area contributed by atoms with Crippen molar-refractivity contribution in [3.05, 3.63) is 114 Å². The van der Waals surface area contributed by atoms with Crippen LogP contribution < -0.4 is 4.18 Å². The number of alkyl halides is 3. The van der Waals surface area contributed by atoms with E-state index in [1.54, 1.807) is 59.9 Å². The van der Waals surface area contributed by atoms with Gasteiger partial charge in [0, 0.05) is 35.6 Å². The van der Waals surface area contributed by atoms with E-state index in [1.807, 2.05) is 22.8 Å². The van der Waals surface area contributed by atoms with Crippen molar-refractivity contribution in [1.82, 2.24) is 14.5 Å². The van der Waals surface area contributed by atoms with Crippen LogP contribution in [-0.4, -0.2) is 41.9 Å². The Morgan fingerprint density at radius 3 is 2.36 bits per heavy atom. The van der Waals surface area contributed by atoms with Crippen molar-refractivity contribution in [1.29, 1.82) is 0 Å². The molecule has 0 aliphatic carbocycles. The molecule has 0 unspecified atom stereocenters. The summed E-state index contributed by atoms with van der Waals surface area (Å²) in [5, 5.41) is 0.908. The molecule has 1 aliphatic rings. The zero-order chi connectivity index (χ0) is 31.1. The van der Waals surface area contributed by atoms with Gasteiger partial charge in [-0.1, -0.05) is 48.0 Å². The second kappa shape index (κ2) is 11.6. The standard InChI is InChI=1S/C32H25ClF3N3O4S/c33-28-13-10-23(18-27(28)32(34,35)36)31(40)38-16-14-24(15-17-38)39-20-37-19-29(39)22-8-11-25(12-9-22)43-44(41,42)30-7-3-5-21-4-1-2-6-26(21)30/h1-13,18-20,24H,14-17H2. The molecule has 7 nitrogen and oxygen atoms in total. The van der Waals surface area contributed by atoms with Gasteiger partial charge in [0.05, 0.1) is 28.8 Å². The van der Waals surface area contributed by atoms with Crippen LogP contribution in [-0.2, 0) is 16.3 Å². The molecule has 1 aliphatic heterocycles. The molecular formula is C32H25ClF3N3O4S. The van der Waals surface area contributed by atoms with Crippen LogP contribution in [0.1, 0.15) is 34.8 Å². The molecule has 1 fully saturated rings. The smallest absolute Gasteiger partial charge is 0.379 e. The van der Waals surface area contributed by atoms with Crippen molar-refractivity contribution in [2.75, 3.05) is 13.1 Å². The third kappa shape index (κ3) is 5.89. The van der Waals surface area contributed by atoms with Crippen LogP contribution in [0.2, 0.25) is 5.02 Å². The number of piperidine rings is 1. The van der Waals surface area contributed by atoms with Gasteiger partial charge in [-0.3, -0.25) is 4.79 Å². The second-order valence-electron chi connectivity index (χ2n) is 10.4. The van der Waals surface area contributed by atoms with E-state index in [0.717, 1.165) is 28.8 Å². The van der Waals surface area contributed by atoms with Gasteiger partial charge in [0.2, 0.25) is 0 Å². The number of amides is 1. The highest BCUT2D eigenvalue weighted by molar-refractivity contribution is 7.87. The number of hydrogen-bond donors (Lipinski definition) is 0. The topological polar surface area (TPSA) is 81.5 Å². The van der Waals surface area contributed by atoms with E-state index in [4.69, 9.17) is 15.8 Å².